The number of β-lactam (4-membered cyclic amide) rings is 1. The van der Waals surface area contributed by atoms with Crippen LogP contribution < -0.4 is 16.8 Å². The number of carbonyl (C=O) groups excluding carboxylic acids is 4. The van der Waals surface area contributed by atoms with Crippen LogP contribution >= 0.6 is 35.1 Å². The number of nitrogen functional groups attached to an aromatic ring is 1. The van der Waals surface area contributed by atoms with E-state index in [1.807, 2.05) is 0 Å². The molecule has 2 aliphatic heterocycles. The SMILES string of the molecule is Cn1nnnc1SCC1(C(=O)OCOC(=O)C(C)(C)C)CS[C@@H]2C(NC(=O)C(=NOCCCN)c3nsc(N)n3)C(=O)N2C1. The molecule has 2 fully saturated rings. The van der Waals surface area contributed by atoms with E-state index in [0.717, 1.165) is 11.5 Å². The Balaban J connectivity index is 1.45. The molecule has 3 atom stereocenters. The molecule has 0 aliphatic carbocycles. The number of thioether (sulfide) groups is 2. The summed E-state index contributed by atoms with van der Waals surface area (Å²) in [5.74, 6) is -1.96. The molecule has 2 aliphatic rings. The molecule has 0 aromatic carbocycles. The second-order valence-corrected chi connectivity index (χ2v) is 13.7. The summed E-state index contributed by atoms with van der Waals surface area (Å²) >= 11 is 3.40. The van der Waals surface area contributed by atoms with Gasteiger partial charge in [0.25, 0.3) is 5.91 Å². The standard InChI is InChI=1S/C23H33N11O7S3/c1-22(2,3)18(37)39-11-40-19(38)23(10-43-21-28-31-32-33(21)4)8-34-16(36)13(17(34)42-9-23)26-15(35)12(29-41-7-5-6-24)14-27-20(25)44-30-14/h13,17H,5-11,24H2,1-4H3,(H,26,35)(H2,25,27,30)/t13?,17-,23?/m1/s1. The maximum Gasteiger partial charge on any atom is 0.318 e. The predicted molar refractivity (Wildman–Crippen MR) is 159 cm³/mol. The summed E-state index contributed by atoms with van der Waals surface area (Å²) in [7, 11) is 1.66. The number of nitrogens with one attached hydrogen (secondary N) is 1. The highest BCUT2D eigenvalue weighted by atomic mass is 32.2. The monoisotopic (exact) mass is 671 g/mol. The van der Waals surface area contributed by atoms with Gasteiger partial charge in [-0.3, -0.25) is 19.2 Å². The van der Waals surface area contributed by atoms with Crippen molar-refractivity contribution in [3.05, 3.63) is 5.82 Å². The third kappa shape index (κ3) is 7.56. The van der Waals surface area contributed by atoms with Crippen LogP contribution in [0.1, 0.15) is 33.0 Å². The molecule has 18 nitrogen and oxygen atoms in total. The van der Waals surface area contributed by atoms with Gasteiger partial charge in [0.15, 0.2) is 5.13 Å². The molecule has 44 heavy (non-hydrogen) atoms. The van der Waals surface area contributed by atoms with Crippen LogP contribution in [0.15, 0.2) is 10.3 Å². The van der Waals surface area contributed by atoms with Gasteiger partial charge < -0.3 is 36.0 Å². The van der Waals surface area contributed by atoms with Gasteiger partial charge in [-0.25, -0.2) is 4.68 Å². The topological polar surface area (TPSA) is 245 Å². The normalized spacial score (nSPS) is 21.7. The average molecular weight is 672 g/mol. The van der Waals surface area contributed by atoms with Gasteiger partial charge in [0.05, 0.1) is 5.41 Å². The van der Waals surface area contributed by atoms with Crippen molar-refractivity contribution in [1.29, 1.82) is 0 Å². The van der Waals surface area contributed by atoms with Crippen molar-refractivity contribution in [2.24, 2.45) is 28.8 Å². The van der Waals surface area contributed by atoms with Crippen molar-refractivity contribution in [3.8, 4) is 0 Å². The Morgan fingerprint density at radius 1 is 1.27 bits per heavy atom. The summed E-state index contributed by atoms with van der Waals surface area (Å²) in [6, 6.07) is -0.907. The molecular formula is C23H33N11O7S3. The number of anilines is 1. The first-order chi connectivity index (χ1) is 20.9. The molecule has 4 heterocycles. The van der Waals surface area contributed by atoms with E-state index in [0.29, 0.717) is 18.1 Å². The number of nitrogens with zero attached hydrogens (tertiary/aromatic N) is 8. The molecule has 2 aromatic rings. The summed E-state index contributed by atoms with van der Waals surface area (Å²) in [4.78, 5) is 62.8. The van der Waals surface area contributed by atoms with E-state index in [9.17, 15) is 19.2 Å². The lowest BCUT2D eigenvalue weighted by atomic mass is 9.89. The molecule has 0 bridgehead atoms. The fourth-order valence-electron chi connectivity index (χ4n) is 3.93. The number of esters is 2. The number of nitrogens with two attached hydrogens (primary N) is 2. The van der Waals surface area contributed by atoms with Crippen LogP contribution in [-0.4, -0.2) is 113 Å². The zero-order chi connectivity index (χ0) is 32.1. The molecule has 0 radical (unpaired) electrons. The Morgan fingerprint density at radius 3 is 2.68 bits per heavy atom. The number of aromatic nitrogens is 6. The van der Waals surface area contributed by atoms with Crippen LogP contribution in [0.25, 0.3) is 0 Å². The first-order valence-electron chi connectivity index (χ1n) is 13.3. The lowest BCUT2D eigenvalue weighted by molar-refractivity contribution is -0.180. The maximum atomic E-state index is 13.5. The van der Waals surface area contributed by atoms with E-state index >= 15 is 0 Å². The second-order valence-electron chi connectivity index (χ2n) is 10.9. The van der Waals surface area contributed by atoms with Crippen molar-refractivity contribution >= 4 is 69.7 Å². The Hall–Kier alpha value is -3.56. The quantitative estimate of drug-likeness (QED) is 0.0439. The van der Waals surface area contributed by atoms with E-state index in [2.05, 4.69) is 35.4 Å². The van der Waals surface area contributed by atoms with Crippen molar-refractivity contribution in [3.63, 3.8) is 0 Å². The molecule has 2 unspecified atom stereocenters. The molecule has 4 rings (SSSR count). The van der Waals surface area contributed by atoms with Gasteiger partial charge in [-0.1, -0.05) is 16.9 Å². The number of ether oxygens (including phenoxy) is 2. The molecule has 5 N–H and O–H groups in total. The summed E-state index contributed by atoms with van der Waals surface area (Å²) in [6.07, 6.45) is 0.508. The van der Waals surface area contributed by atoms with Gasteiger partial charge in [-0.2, -0.15) is 9.36 Å². The van der Waals surface area contributed by atoms with Crippen LogP contribution in [0.4, 0.5) is 5.13 Å². The first-order valence-corrected chi connectivity index (χ1v) is 16.1. The van der Waals surface area contributed by atoms with Crippen molar-refractivity contribution in [1.82, 2.24) is 39.8 Å². The molecule has 2 saturated heterocycles. The zero-order valence-electron chi connectivity index (χ0n) is 24.4. The number of hydrogen-bond acceptors (Lipinski definition) is 18. The Kier molecular flexibility index (Phi) is 10.6. The van der Waals surface area contributed by atoms with Gasteiger partial charge in [0.1, 0.15) is 23.4 Å². The number of hydrogen-bond donors (Lipinski definition) is 3. The molecule has 2 amide bonds. The van der Waals surface area contributed by atoms with Crippen LogP contribution in [0.3, 0.4) is 0 Å². The third-order valence-corrected chi connectivity index (χ3v) is 9.81. The Bertz CT molecular complexity index is 1410. The van der Waals surface area contributed by atoms with Crippen LogP contribution in [0.5, 0.6) is 0 Å². The summed E-state index contributed by atoms with van der Waals surface area (Å²) in [5.41, 5.74) is 8.95. The highest BCUT2D eigenvalue weighted by Gasteiger charge is 2.58. The molecule has 240 valence electrons. The van der Waals surface area contributed by atoms with Gasteiger partial charge in [0.2, 0.25) is 29.4 Å². The van der Waals surface area contributed by atoms with E-state index in [4.69, 9.17) is 25.8 Å². The average Bonchev–Trinajstić information content (AvgIpc) is 3.61. The van der Waals surface area contributed by atoms with Crippen LogP contribution in [-0.2, 0) is 40.5 Å². The number of aryl methyl sites for hydroxylation is 1. The third-order valence-electron chi connectivity index (χ3n) is 6.38. The highest BCUT2D eigenvalue weighted by molar-refractivity contribution is 8.00. The minimum Gasteiger partial charge on any atom is -0.427 e. The number of fused-ring (bicyclic) bond motifs is 1. The number of amides is 2. The smallest absolute Gasteiger partial charge is 0.318 e. The van der Waals surface area contributed by atoms with Crippen molar-refractivity contribution < 1.29 is 33.5 Å². The largest absolute Gasteiger partial charge is 0.427 e. The second kappa shape index (κ2) is 14.0. The Morgan fingerprint density at radius 2 is 2.05 bits per heavy atom. The van der Waals surface area contributed by atoms with Crippen LogP contribution in [0.2, 0.25) is 0 Å². The van der Waals surface area contributed by atoms with E-state index in [1.165, 1.54) is 33.1 Å². The van der Waals surface area contributed by atoms with Crippen molar-refractivity contribution in [2.45, 2.75) is 43.8 Å². The van der Waals surface area contributed by atoms with Gasteiger partial charge >= 0.3 is 11.9 Å². The number of tetrazole rings is 1. The first kappa shape index (κ1) is 33.3. The van der Waals surface area contributed by atoms with E-state index in [-0.39, 0.29) is 41.3 Å². The number of carbonyl (C=O) groups is 4. The molecule has 21 heteroatoms. The summed E-state index contributed by atoms with van der Waals surface area (Å²) in [5, 5.41) is 18.0. The lowest BCUT2D eigenvalue weighted by Crippen LogP contribution is -2.74. The predicted octanol–water partition coefficient (Wildman–Crippen LogP) is -1.02. The minimum atomic E-state index is -1.19. The van der Waals surface area contributed by atoms with E-state index in [1.54, 1.807) is 27.8 Å². The van der Waals surface area contributed by atoms with Gasteiger partial charge in [0, 0.05) is 36.6 Å². The molecule has 0 saturated carbocycles. The molecule has 2 aromatic heterocycles. The Labute approximate surface area is 264 Å². The molecular weight excluding hydrogens is 639 g/mol. The van der Waals surface area contributed by atoms with Crippen molar-refractivity contribution in [2.75, 3.05) is 43.7 Å². The van der Waals surface area contributed by atoms with Crippen LogP contribution in [0, 0.1) is 10.8 Å². The van der Waals surface area contributed by atoms with Gasteiger partial charge in [-0.15, -0.1) is 16.9 Å². The van der Waals surface area contributed by atoms with Gasteiger partial charge in [-0.05, 0) is 44.2 Å². The highest BCUT2D eigenvalue weighted by Crippen LogP contribution is 2.44. The lowest BCUT2D eigenvalue weighted by Gasteiger charge is -2.54. The summed E-state index contributed by atoms with van der Waals surface area (Å²) < 4.78 is 16.0. The molecule has 0 spiro atoms. The fourth-order valence-corrected chi connectivity index (χ4v) is 7.07. The number of oxime groups is 1. The van der Waals surface area contributed by atoms with E-state index < -0.39 is 52.8 Å². The fraction of sp³-hybridized carbons (Fsp3) is 0.652. The summed E-state index contributed by atoms with van der Waals surface area (Å²) in [6.45, 7) is 5.00. The number of rotatable bonds is 13. The zero-order valence-corrected chi connectivity index (χ0v) is 26.9. The maximum absolute atomic E-state index is 13.5. The minimum absolute atomic E-state index is 0.00643.